The summed E-state index contributed by atoms with van der Waals surface area (Å²) in [4.78, 5) is 41.0. The minimum atomic E-state index is -1.15. The number of amides is 4. The van der Waals surface area contributed by atoms with E-state index in [1.165, 1.54) is 0 Å². The fraction of sp³-hybridized carbons (Fsp3) is 0.526. The Morgan fingerprint density at radius 3 is 2.67 bits per heavy atom. The van der Waals surface area contributed by atoms with Gasteiger partial charge >= 0.3 is 6.03 Å². The van der Waals surface area contributed by atoms with Crippen molar-refractivity contribution < 1.29 is 14.4 Å². The van der Waals surface area contributed by atoms with Crippen LogP contribution < -0.4 is 16.0 Å². The van der Waals surface area contributed by atoms with E-state index in [1.807, 2.05) is 4.90 Å². The number of hydrogen-bond acceptors (Lipinski definition) is 5. The summed E-state index contributed by atoms with van der Waals surface area (Å²) in [5.41, 5.74) is 0.0000263. The highest BCUT2D eigenvalue weighted by Crippen LogP contribution is 2.26. The van der Waals surface area contributed by atoms with Crippen LogP contribution in [0.15, 0.2) is 24.3 Å². The molecule has 3 aliphatic heterocycles. The van der Waals surface area contributed by atoms with E-state index in [1.54, 1.807) is 31.2 Å². The summed E-state index contributed by atoms with van der Waals surface area (Å²) in [6, 6.07) is 6.90. The third-order valence-electron chi connectivity index (χ3n) is 5.85. The molecule has 2 atom stereocenters. The predicted octanol–water partition coefficient (Wildman–Crippen LogP) is -0.139. The zero-order chi connectivity index (χ0) is 19.0. The summed E-state index contributed by atoms with van der Waals surface area (Å²) in [6.45, 7) is 7.17. The fourth-order valence-electron chi connectivity index (χ4n) is 4.16. The van der Waals surface area contributed by atoms with Gasteiger partial charge in [0, 0.05) is 50.9 Å². The standard InChI is InChI=1S/C19H25N5O3/c1-19(17(26)21-18(27)22-19)14-4-2-3-13(11-14)16(25)24-8-5-15(12-24)23-9-6-20-7-10-23/h2-4,11,15,20H,5-10,12H2,1H3,(H2,21,22,26,27). The molecular weight excluding hydrogens is 346 g/mol. The fourth-order valence-corrected chi connectivity index (χ4v) is 4.16. The molecule has 0 radical (unpaired) electrons. The lowest BCUT2D eigenvalue weighted by atomic mass is 9.91. The molecule has 1 aromatic rings. The Morgan fingerprint density at radius 1 is 1.19 bits per heavy atom. The second-order valence-electron chi connectivity index (χ2n) is 7.59. The lowest BCUT2D eigenvalue weighted by Gasteiger charge is -2.32. The van der Waals surface area contributed by atoms with Crippen LogP contribution in [0.5, 0.6) is 0 Å². The van der Waals surface area contributed by atoms with Gasteiger partial charge in [-0.2, -0.15) is 0 Å². The van der Waals surface area contributed by atoms with Crippen molar-refractivity contribution >= 4 is 17.8 Å². The van der Waals surface area contributed by atoms with Crippen molar-refractivity contribution in [3.8, 4) is 0 Å². The Balaban J connectivity index is 1.48. The number of nitrogens with zero attached hydrogens (tertiary/aromatic N) is 2. The maximum Gasteiger partial charge on any atom is 0.322 e. The van der Waals surface area contributed by atoms with E-state index in [0.29, 0.717) is 17.2 Å². The van der Waals surface area contributed by atoms with Crippen molar-refractivity contribution in [2.75, 3.05) is 39.3 Å². The molecule has 2 unspecified atom stereocenters. The normalized spacial score (nSPS) is 28.9. The zero-order valence-corrected chi connectivity index (χ0v) is 15.5. The molecule has 0 saturated carbocycles. The first-order chi connectivity index (χ1) is 13.0. The van der Waals surface area contributed by atoms with Gasteiger partial charge in [-0.15, -0.1) is 0 Å². The smallest absolute Gasteiger partial charge is 0.322 e. The molecule has 1 aromatic carbocycles. The molecule has 0 spiro atoms. The van der Waals surface area contributed by atoms with Crippen LogP contribution in [-0.4, -0.2) is 73.0 Å². The zero-order valence-electron chi connectivity index (χ0n) is 15.5. The molecule has 8 nitrogen and oxygen atoms in total. The van der Waals surface area contributed by atoms with Crippen LogP contribution in [0.4, 0.5) is 4.79 Å². The molecule has 0 aromatic heterocycles. The monoisotopic (exact) mass is 371 g/mol. The molecule has 3 aliphatic rings. The number of likely N-dealkylation sites (tertiary alicyclic amines) is 1. The SMILES string of the molecule is CC1(c2cccc(C(=O)N3CCC(N4CCNCC4)C3)c2)NC(=O)NC1=O. The Morgan fingerprint density at radius 2 is 1.96 bits per heavy atom. The summed E-state index contributed by atoms with van der Waals surface area (Å²) in [5.74, 6) is -0.431. The average Bonchev–Trinajstić information content (AvgIpc) is 3.27. The second-order valence-corrected chi connectivity index (χ2v) is 7.59. The van der Waals surface area contributed by atoms with E-state index in [4.69, 9.17) is 0 Å². The van der Waals surface area contributed by atoms with Gasteiger partial charge in [-0.05, 0) is 31.0 Å². The number of imide groups is 1. The molecule has 144 valence electrons. The third kappa shape index (κ3) is 3.30. The van der Waals surface area contributed by atoms with Crippen molar-refractivity contribution in [2.45, 2.75) is 24.9 Å². The average molecular weight is 371 g/mol. The summed E-state index contributed by atoms with van der Waals surface area (Å²) in [7, 11) is 0. The number of urea groups is 1. The first-order valence-corrected chi connectivity index (χ1v) is 9.45. The van der Waals surface area contributed by atoms with Gasteiger partial charge in [0.2, 0.25) is 0 Å². The number of carbonyl (C=O) groups excluding carboxylic acids is 3. The Hall–Kier alpha value is -2.45. The van der Waals surface area contributed by atoms with Gasteiger partial charge < -0.3 is 15.5 Å². The first kappa shape index (κ1) is 17.9. The largest absolute Gasteiger partial charge is 0.337 e. The number of piperazine rings is 1. The van der Waals surface area contributed by atoms with E-state index in [-0.39, 0.29) is 5.91 Å². The quantitative estimate of drug-likeness (QED) is 0.643. The predicted molar refractivity (Wildman–Crippen MR) is 99.2 cm³/mol. The Bertz CT molecular complexity index is 776. The van der Waals surface area contributed by atoms with Gasteiger partial charge in [-0.3, -0.25) is 19.8 Å². The van der Waals surface area contributed by atoms with Gasteiger partial charge in [-0.1, -0.05) is 12.1 Å². The maximum absolute atomic E-state index is 13.0. The Kier molecular flexibility index (Phi) is 4.61. The van der Waals surface area contributed by atoms with Gasteiger partial charge in [0.05, 0.1) is 0 Å². The number of benzene rings is 1. The molecule has 3 heterocycles. The Labute approximate surface area is 158 Å². The van der Waals surface area contributed by atoms with Crippen LogP contribution in [0.25, 0.3) is 0 Å². The van der Waals surface area contributed by atoms with Gasteiger partial charge in [0.25, 0.3) is 11.8 Å². The lowest BCUT2D eigenvalue weighted by Crippen LogP contribution is -2.49. The molecule has 0 bridgehead atoms. The first-order valence-electron chi connectivity index (χ1n) is 9.45. The minimum absolute atomic E-state index is 0.0252. The number of carbonyl (C=O) groups is 3. The highest BCUT2D eigenvalue weighted by Gasteiger charge is 2.43. The van der Waals surface area contributed by atoms with Gasteiger partial charge in [0.15, 0.2) is 0 Å². The molecule has 4 rings (SSSR count). The molecular formula is C19H25N5O3. The van der Waals surface area contributed by atoms with Crippen LogP contribution in [0.2, 0.25) is 0 Å². The van der Waals surface area contributed by atoms with Crippen molar-refractivity contribution in [1.82, 2.24) is 25.8 Å². The molecule has 27 heavy (non-hydrogen) atoms. The second kappa shape index (κ2) is 6.94. The molecule has 3 N–H and O–H groups in total. The number of hydrogen-bond donors (Lipinski definition) is 3. The molecule has 4 amide bonds. The highest BCUT2D eigenvalue weighted by molar-refractivity contribution is 6.07. The topological polar surface area (TPSA) is 93.8 Å². The van der Waals surface area contributed by atoms with Crippen LogP contribution >= 0.6 is 0 Å². The minimum Gasteiger partial charge on any atom is -0.337 e. The maximum atomic E-state index is 13.0. The highest BCUT2D eigenvalue weighted by atomic mass is 16.2. The van der Waals surface area contributed by atoms with Crippen molar-refractivity contribution in [3.63, 3.8) is 0 Å². The lowest BCUT2D eigenvalue weighted by molar-refractivity contribution is -0.123. The summed E-state index contributed by atoms with van der Waals surface area (Å²) in [6.07, 6.45) is 0.988. The van der Waals surface area contributed by atoms with Gasteiger partial charge in [0.1, 0.15) is 5.54 Å². The number of nitrogens with one attached hydrogen (secondary N) is 3. The van der Waals surface area contributed by atoms with E-state index >= 15 is 0 Å². The number of rotatable bonds is 3. The van der Waals surface area contributed by atoms with Crippen molar-refractivity contribution in [3.05, 3.63) is 35.4 Å². The molecule has 3 saturated heterocycles. The van der Waals surface area contributed by atoms with E-state index in [2.05, 4.69) is 20.9 Å². The van der Waals surface area contributed by atoms with E-state index in [0.717, 1.165) is 45.7 Å². The summed E-state index contributed by atoms with van der Waals surface area (Å²) in [5, 5.41) is 8.26. The third-order valence-corrected chi connectivity index (χ3v) is 5.85. The summed E-state index contributed by atoms with van der Waals surface area (Å²) >= 11 is 0. The van der Waals surface area contributed by atoms with Crippen LogP contribution in [0.3, 0.4) is 0 Å². The van der Waals surface area contributed by atoms with E-state index < -0.39 is 17.5 Å². The van der Waals surface area contributed by atoms with Crippen molar-refractivity contribution in [2.24, 2.45) is 0 Å². The van der Waals surface area contributed by atoms with Crippen LogP contribution in [0, 0.1) is 0 Å². The molecule has 0 aliphatic carbocycles. The van der Waals surface area contributed by atoms with Crippen LogP contribution in [0.1, 0.15) is 29.3 Å². The molecule has 3 fully saturated rings. The van der Waals surface area contributed by atoms with Gasteiger partial charge in [-0.25, -0.2) is 4.79 Å². The molecule has 8 heteroatoms. The van der Waals surface area contributed by atoms with E-state index in [9.17, 15) is 14.4 Å². The van der Waals surface area contributed by atoms with Crippen LogP contribution in [-0.2, 0) is 10.3 Å². The summed E-state index contributed by atoms with van der Waals surface area (Å²) < 4.78 is 0. The van der Waals surface area contributed by atoms with Crippen molar-refractivity contribution in [1.29, 1.82) is 0 Å².